The van der Waals surface area contributed by atoms with Gasteiger partial charge in [-0.2, -0.15) is 4.98 Å². The van der Waals surface area contributed by atoms with E-state index in [1.165, 1.54) is 18.0 Å². The Balaban J connectivity index is 1.29. The lowest BCUT2D eigenvalue weighted by Crippen LogP contribution is -2.44. The van der Waals surface area contributed by atoms with Crippen LogP contribution in [0.1, 0.15) is 29.1 Å². The highest BCUT2D eigenvalue weighted by Crippen LogP contribution is 2.15. The van der Waals surface area contributed by atoms with Crippen molar-refractivity contribution >= 4 is 5.91 Å². The molecule has 0 saturated carbocycles. The Morgan fingerprint density at radius 2 is 2.00 bits per heavy atom. The molecule has 0 radical (unpaired) electrons. The SMILES string of the molecule is O=C(NC1CCN(Cc2ccccc2)CC1)c1nc(-c2cnccn2)no1. The number of aromatic nitrogens is 4. The Morgan fingerprint density at radius 3 is 2.74 bits per heavy atom. The lowest BCUT2D eigenvalue weighted by atomic mass is 10.0. The lowest BCUT2D eigenvalue weighted by molar-refractivity contribution is 0.0865. The smallest absolute Gasteiger partial charge is 0.316 e. The number of benzene rings is 1. The maximum atomic E-state index is 12.4. The molecule has 1 N–H and O–H groups in total. The monoisotopic (exact) mass is 364 g/mol. The molecular weight excluding hydrogens is 344 g/mol. The van der Waals surface area contributed by atoms with Gasteiger partial charge in [-0.05, 0) is 18.4 Å². The van der Waals surface area contributed by atoms with E-state index in [4.69, 9.17) is 4.52 Å². The number of rotatable bonds is 5. The third kappa shape index (κ3) is 4.35. The van der Waals surface area contributed by atoms with Gasteiger partial charge in [-0.25, -0.2) is 4.98 Å². The quantitative estimate of drug-likeness (QED) is 0.739. The summed E-state index contributed by atoms with van der Waals surface area (Å²) >= 11 is 0. The summed E-state index contributed by atoms with van der Waals surface area (Å²) in [6.45, 7) is 2.82. The summed E-state index contributed by atoms with van der Waals surface area (Å²) < 4.78 is 5.07. The molecule has 0 unspecified atom stereocenters. The molecule has 1 saturated heterocycles. The van der Waals surface area contributed by atoms with Crippen molar-refractivity contribution in [3.63, 3.8) is 0 Å². The second-order valence-electron chi connectivity index (χ2n) is 6.52. The first-order valence-electron chi connectivity index (χ1n) is 8.95. The Bertz CT molecular complexity index is 875. The van der Waals surface area contributed by atoms with Gasteiger partial charge in [-0.3, -0.25) is 14.7 Å². The molecule has 1 aliphatic rings. The van der Waals surface area contributed by atoms with Crippen molar-refractivity contribution in [1.82, 2.24) is 30.3 Å². The molecule has 1 amide bonds. The zero-order chi connectivity index (χ0) is 18.5. The number of hydrogen-bond acceptors (Lipinski definition) is 7. The highest BCUT2D eigenvalue weighted by Gasteiger charge is 2.24. The number of likely N-dealkylation sites (tertiary alicyclic amines) is 1. The zero-order valence-corrected chi connectivity index (χ0v) is 14.8. The molecule has 3 heterocycles. The number of carbonyl (C=O) groups is 1. The Morgan fingerprint density at radius 1 is 1.19 bits per heavy atom. The molecule has 1 aliphatic heterocycles. The molecule has 4 rings (SSSR count). The van der Waals surface area contributed by atoms with Crippen LogP contribution < -0.4 is 5.32 Å². The Labute approximate surface area is 156 Å². The van der Waals surface area contributed by atoms with Crippen LogP contribution in [-0.2, 0) is 6.54 Å². The number of carbonyl (C=O) groups excluding carboxylic acids is 1. The van der Waals surface area contributed by atoms with Crippen LogP contribution in [0.15, 0.2) is 53.4 Å². The summed E-state index contributed by atoms with van der Waals surface area (Å²) in [4.78, 5) is 26.9. The van der Waals surface area contributed by atoms with Crippen molar-refractivity contribution in [1.29, 1.82) is 0 Å². The molecular formula is C19H20N6O2. The number of piperidine rings is 1. The maximum absolute atomic E-state index is 12.4. The third-order valence-electron chi connectivity index (χ3n) is 4.58. The highest BCUT2D eigenvalue weighted by atomic mass is 16.5. The highest BCUT2D eigenvalue weighted by molar-refractivity contribution is 5.90. The Kier molecular flexibility index (Phi) is 5.15. The van der Waals surface area contributed by atoms with Gasteiger partial charge < -0.3 is 9.84 Å². The molecule has 1 fully saturated rings. The Hall–Kier alpha value is -3.13. The molecule has 27 heavy (non-hydrogen) atoms. The van der Waals surface area contributed by atoms with Gasteiger partial charge in [0.2, 0.25) is 5.82 Å². The van der Waals surface area contributed by atoms with Crippen LogP contribution >= 0.6 is 0 Å². The normalized spacial score (nSPS) is 15.6. The van der Waals surface area contributed by atoms with E-state index < -0.39 is 0 Å². The van der Waals surface area contributed by atoms with Crippen molar-refractivity contribution < 1.29 is 9.32 Å². The summed E-state index contributed by atoms with van der Waals surface area (Å²) in [5, 5.41) is 6.79. The summed E-state index contributed by atoms with van der Waals surface area (Å²) in [6, 6.07) is 10.5. The van der Waals surface area contributed by atoms with E-state index in [0.29, 0.717) is 5.69 Å². The molecule has 2 aromatic heterocycles. The molecule has 8 heteroatoms. The molecule has 138 valence electrons. The summed E-state index contributed by atoms with van der Waals surface area (Å²) in [7, 11) is 0. The number of nitrogens with one attached hydrogen (secondary N) is 1. The maximum Gasteiger partial charge on any atom is 0.316 e. The minimum atomic E-state index is -0.348. The standard InChI is InChI=1S/C19H20N6O2/c26-18(19-23-17(24-27-19)16-12-20-8-9-21-16)22-15-6-10-25(11-7-15)13-14-4-2-1-3-5-14/h1-5,8-9,12,15H,6-7,10-11,13H2,(H,22,26). The first kappa shape index (κ1) is 17.3. The van der Waals surface area contributed by atoms with Gasteiger partial charge in [0.15, 0.2) is 0 Å². The topological polar surface area (TPSA) is 97.0 Å². The largest absolute Gasteiger partial charge is 0.345 e. The molecule has 0 bridgehead atoms. The fraction of sp³-hybridized carbons (Fsp3) is 0.316. The fourth-order valence-electron chi connectivity index (χ4n) is 3.16. The third-order valence-corrected chi connectivity index (χ3v) is 4.58. The van der Waals surface area contributed by atoms with Crippen LogP contribution in [0.5, 0.6) is 0 Å². The van der Waals surface area contributed by atoms with E-state index in [0.717, 1.165) is 32.5 Å². The average Bonchev–Trinajstić information content (AvgIpc) is 3.21. The van der Waals surface area contributed by atoms with Crippen molar-refractivity contribution in [3.8, 4) is 11.5 Å². The van der Waals surface area contributed by atoms with Gasteiger partial charge in [0.25, 0.3) is 0 Å². The van der Waals surface area contributed by atoms with Crippen LogP contribution in [0.2, 0.25) is 0 Å². The van der Waals surface area contributed by atoms with E-state index in [1.54, 1.807) is 6.20 Å². The molecule has 0 atom stereocenters. The van der Waals surface area contributed by atoms with Gasteiger partial charge in [-0.15, -0.1) is 0 Å². The second kappa shape index (κ2) is 8.05. The lowest BCUT2D eigenvalue weighted by Gasteiger charge is -2.32. The summed E-state index contributed by atoms with van der Waals surface area (Å²) in [5.74, 6) is -0.146. The van der Waals surface area contributed by atoms with Crippen LogP contribution in [0, 0.1) is 0 Å². The molecule has 8 nitrogen and oxygen atoms in total. The van der Waals surface area contributed by atoms with Gasteiger partial charge >= 0.3 is 11.8 Å². The molecule has 0 spiro atoms. The van der Waals surface area contributed by atoms with E-state index in [2.05, 4.69) is 54.6 Å². The van der Waals surface area contributed by atoms with Crippen molar-refractivity contribution in [2.75, 3.05) is 13.1 Å². The number of hydrogen-bond donors (Lipinski definition) is 1. The van der Waals surface area contributed by atoms with Crippen molar-refractivity contribution in [3.05, 3.63) is 60.4 Å². The first-order chi connectivity index (χ1) is 13.3. The molecule has 1 aromatic carbocycles. The van der Waals surface area contributed by atoms with Crippen LogP contribution in [0.25, 0.3) is 11.5 Å². The van der Waals surface area contributed by atoms with Gasteiger partial charge in [0.1, 0.15) is 5.69 Å². The van der Waals surface area contributed by atoms with Crippen molar-refractivity contribution in [2.45, 2.75) is 25.4 Å². The second-order valence-corrected chi connectivity index (χ2v) is 6.52. The predicted octanol–water partition coefficient (Wildman–Crippen LogP) is 1.92. The van der Waals surface area contributed by atoms with Crippen molar-refractivity contribution in [2.24, 2.45) is 0 Å². The van der Waals surface area contributed by atoms with E-state index in [1.807, 2.05) is 6.07 Å². The average molecular weight is 364 g/mol. The minimum absolute atomic E-state index is 0.0534. The minimum Gasteiger partial charge on any atom is -0.345 e. The molecule has 0 aliphatic carbocycles. The van der Waals surface area contributed by atoms with Crippen LogP contribution in [0.3, 0.4) is 0 Å². The van der Waals surface area contributed by atoms with E-state index >= 15 is 0 Å². The fourth-order valence-corrected chi connectivity index (χ4v) is 3.16. The van der Waals surface area contributed by atoms with Gasteiger partial charge in [0, 0.05) is 38.1 Å². The predicted molar refractivity (Wildman–Crippen MR) is 97.5 cm³/mol. The van der Waals surface area contributed by atoms with E-state index in [9.17, 15) is 4.79 Å². The van der Waals surface area contributed by atoms with Crippen LogP contribution in [-0.4, -0.2) is 50.0 Å². The summed E-state index contributed by atoms with van der Waals surface area (Å²) in [5.41, 5.74) is 1.77. The van der Waals surface area contributed by atoms with Crippen LogP contribution in [0.4, 0.5) is 0 Å². The molecule has 3 aromatic rings. The van der Waals surface area contributed by atoms with E-state index in [-0.39, 0.29) is 23.7 Å². The first-order valence-corrected chi connectivity index (χ1v) is 8.95. The summed E-state index contributed by atoms with van der Waals surface area (Å²) in [6.07, 6.45) is 6.40. The van der Waals surface area contributed by atoms with Gasteiger partial charge in [-0.1, -0.05) is 35.5 Å². The van der Waals surface area contributed by atoms with Gasteiger partial charge in [0.05, 0.1) is 6.20 Å². The zero-order valence-electron chi connectivity index (χ0n) is 14.8. The number of nitrogens with zero attached hydrogens (tertiary/aromatic N) is 5. The number of amides is 1.